The quantitative estimate of drug-likeness (QED) is 0.797. The summed E-state index contributed by atoms with van der Waals surface area (Å²) >= 11 is 0. The number of esters is 1. The molecule has 1 aliphatic rings. The van der Waals surface area contributed by atoms with Gasteiger partial charge < -0.3 is 15.2 Å². The van der Waals surface area contributed by atoms with Crippen LogP contribution in [0.15, 0.2) is 18.2 Å². The van der Waals surface area contributed by atoms with E-state index in [1.54, 1.807) is 6.07 Å². The maximum Gasteiger partial charge on any atom is 0.335 e. The number of carbonyl (C=O) groups excluding carboxylic acids is 2. The van der Waals surface area contributed by atoms with E-state index in [9.17, 15) is 14.4 Å². The molecule has 6 heteroatoms. The summed E-state index contributed by atoms with van der Waals surface area (Å²) in [7, 11) is 0. The molecule has 0 atom stereocenters. The van der Waals surface area contributed by atoms with Crippen molar-refractivity contribution in [3.05, 3.63) is 29.3 Å². The minimum Gasteiger partial charge on any atom is -0.478 e. The van der Waals surface area contributed by atoms with Crippen molar-refractivity contribution in [2.45, 2.75) is 52.6 Å². The SMILES string of the molecule is Cc1ccc(C(=O)O)cc1NC(=O)C1CC(CC(=O)OC(C)(C)C)C1. The summed E-state index contributed by atoms with van der Waals surface area (Å²) in [5, 5.41) is 11.8. The number of ether oxygens (including phenoxy) is 1. The molecular weight excluding hydrogens is 322 g/mol. The number of hydrogen-bond donors (Lipinski definition) is 2. The molecule has 0 aromatic heterocycles. The first kappa shape index (κ1) is 19.0. The lowest BCUT2D eigenvalue weighted by atomic mass is 9.73. The Kier molecular flexibility index (Phi) is 5.50. The van der Waals surface area contributed by atoms with Crippen molar-refractivity contribution < 1.29 is 24.2 Å². The van der Waals surface area contributed by atoms with Gasteiger partial charge in [0, 0.05) is 18.0 Å². The Labute approximate surface area is 147 Å². The largest absolute Gasteiger partial charge is 0.478 e. The lowest BCUT2D eigenvalue weighted by molar-refractivity contribution is -0.157. The molecule has 0 aliphatic heterocycles. The minimum atomic E-state index is -1.03. The van der Waals surface area contributed by atoms with Gasteiger partial charge >= 0.3 is 11.9 Å². The van der Waals surface area contributed by atoms with Gasteiger partial charge in [-0.2, -0.15) is 0 Å². The molecule has 1 fully saturated rings. The Hall–Kier alpha value is -2.37. The van der Waals surface area contributed by atoms with Crippen molar-refractivity contribution in [3.63, 3.8) is 0 Å². The molecule has 2 N–H and O–H groups in total. The third kappa shape index (κ3) is 5.31. The number of aryl methyl sites for hydroxylation is 1. The van der Waals surface area contributed by atoms with Crippen LogP contribution in [0.3, 0.4) is 0 Å². The summed E-state index contributed by atoms with van der Waals surface area (Å²) in [6.07, 6.45) is 1.61. The summed E-state index contributed by atoms with van der Waals surface area (Å²) in [4.78, 5) is 35.2. The van der Waals surface area contributed by atoms with Crippen molar-refractivity contribution in [1.29, 1.82) is 0 Å². The molecule has 1 aromatic carbocycles. The smallest absolute Gasteiger partial charge is 0.335 e. The second-order valence-corrected chi connectivity index (χ2v) is 7.65. The van der Waals surface area contributed by atoms with Crippen molar-refractivity contribution in [3.8, 4) is 0 Å². The van der Waals surface area contributed by atoms with Crippen LogP contribution in [0.4, 0.5) is 5.69 Å². The number of benzene rings is 1. The van der Waals surface area contributed by atoms with Gasteiger partial charge in [0.05, 0.1) is 5.56 Å². The standard InChI is InChI=1S/C19H25NO5/c1-11-5-6-13(18(23)24)10-15(11)20-17(22)14-7-12(8-14)9-16(21)25-19(2,3)4/h5-6,10,12,14H,7-9H2,1-4H3,(H,20,22)(H,23,24). The van der Waals surface area contributed by atoms with Crippen LogP contribution in [-0.4, -0.2) is 28.6 Å². The molecule has 1 saturated carbocycles. The number of hydrogen-bond acceptors (Lipinski definition) is 4. The monoisotopic (exact) mass is 347 g/mol. The molecule has 1 aliphatic carbocycles. The van der Waals surface area contributed by atoms with E-state index in [0.717, 1.165) is 5.56 Å². The average Bonchev–Trinajstić information content (AvgIpc) is 2.42. The molecule has 0 saturated heterocycles. The molecule has 0 bridgehead atoms. The molecule has 0 heterocycles. The van der Waals surface area contributed by atoms with Gasteiger partial charge in [-0.05, 0) is 64.2 Å². The maximum atomic E-state index is 12.3. The lowest BCUT2D eigenvalue weighted by Crippen LogP contribution is -2.36. The Morgan fingerprint density at radius 2 is 1.88 bits per heavy atom. The Balaban J connectivity index is 1.85. The zero-order valence-corrected chi connectivity index (χ0v) is 15.1. The van der Waals surface area contributed by atoms with Crippen LogP contribution in [0.5, 0.6) is 0 Å². The maximum absolute atomic E-state index is 12.3. The molecule has 25 heavy (non-hydrogen) atoms. The second-order valence-electron chi connectivity index (χ2n) is 7.65. The highest BCUT2D eigenvalue weighted by Gasteiger charge is 2.36. The number of amides is 1. The van der Waals surface area contributed by atoms with Crippen LogP contribution in [-0.2, 0) is 14.3 Å². The van der Waals surface area contributed by atoms with E-state index in [0.29, 0.717) is 24.9 Å². The molecule has 0 unspecified atom stereocenters. The number of carboxylic acids is 1. The Morgan fingerprint density at radius 1 is 1.24 bits per heavy atom. The number of carboxylic acid groups (broad SMARTS) is 1. The van der Waals surface area contributed by atoms with Crippen molar-refractivity contribution in [1.82, 2.24) is 0 Å². The van der Waals surface area contributed by atoms with Crippen LogP contribution in [0.25, 0.3) is 0 Å². The summed E-state index contributed by atoms with van der Waals surface area (Å²) in [5.74, 6) is -1.39. The highest BCUT2D eigenvalue weighted by molar-refractivity contribution is 5.96. The molecule has 2 rings (SSSR count). The van der Waals surface area contributed by atoms with Gasteiger partial charge in [-0.15, -0.1) is 0 Å². The van der Waals surface area contributed by atoms with Crippen molar-refractivity contribution in [2.75, 3.05) is 5.32 Å². The lowest BCUT2D eigenvalue weighted by Gasteiger charge is -2.34. The van der Waals surface area contributed by atoms with Gasteiger partial charge in [0.1, 0.15) is 5.60 Å². The molecule has 0 spiro atoms. The zero-order valence-electron chi connectivity index (χ0n) is 15.1. The van der Waals surface area contributed by atoms with Crippen LogP contribution >= 0.6 is 0 Å². The first-order chi connectivity index (χ1) is 11.5. The third-order valence-corrected chi connectivity index (χ3v) is 4.22. The van der Waals surface area contributed by atoms with Crippen LogP contribution in [0.1, 0.15) is 56.0 Å². The van der Waals surface area contributed by atoms with Crippen molar-refractivity contribution >= 4 is 23.5 Å². The predicted molar refractivity (Wildman–Crippen MR) is 93.4 cm³/mol. The summed E-state index contributed by atoms with van der Waals surface area (Å²) in [5.41, 5.74) is 0.963. The normalized spacial score (nSPS) is 19.7. The number of rotatable bonds is 5. The van der Waals surface area contributed by atoms with Gasteiger partial charge in [-0.1, -0.05) is 6.07 Å². The fourth-order valence-electron chi connectivity index (χ4n) is 2.86. The van der Waals surface area contributed by atoms with Crippen LogP contribution in [0, 0.1) is 18.8 Å². The number of nitrogens with one attached hydrogen (secondary N) is 1. The van der Waals surface area contributed by atoms with Gasteiger partial charge in [-0.25, -0.2) is 4.79 Å². The van der Waals surface area contributed by atoms with E-state index < -0.39 is 11.6 Å². The fourth-order valence-corrected chi connectivity index (χ4v) is 2.86. The third-order valence-electron chi connectivity index (χ3n) is 4.22. The Morgan fingerprint density at radius 3 is 2.44 bits per heavy atom. The molecular formula is C19H25NO5. The molecule has 0 radical (unpaired) electrons. The van der Waals surface area contributed by atoms with E-state index in [-0.39, 0.29) is 29.3 Å². The highest BCUT2D eigenvalue weighted by atomic mass is 16.6. The number of anilines is 1. The number of carbonyl (C=O) groups is 3. The van der Waals surface area contributed by atoms with Gasteiger partial charge in [-0.3, -0.25) is 9.59 Å². The van der Waals surface area contributed by atoms with E-state index in [1.165, 1.54) is 12.1 Å². The van der Waals surface area contributed by atoms with Gasteiger partial charge in [0.15, 0.2) is 0 Å². The zero-order chi connectivity index (χ0) is 18.8. The highest BCUT2D eigenvalue weighted by Crippen LogP contribution is 2.37. The van der Waals surface area contributed by atoms with E-state index in [2.05, 4.69) is 5.32 Å². The summed E-state index contributed by atoms with van der Waals surface area (Å²) in [6, 6.07) is 4.64. The average molecular weight is 347 g/mol. The second kappa shape index (κ2) is 7.25. The molecule has 136 valence electrons. The summed E-state index contributed by atoms with van der Waals surface area (Å²) < 4.78 is 5.29. The van der Waals surface area contributed by atoms with Gasteiger partial charge in [0.2, 0.25) is 5.91 Å². The van der Waals surface area contributed by atoms with Crippen LogP contribution < -0.4 is 5.32 Å². The first-order valence-electron chi connectivity index (χ1n) is 8.42. The minimum absolute atomic E-state index is 0.133. The molecule has 1 aromatic rings. The fraction of sp³-hybridized carbons (Fsp3) is 0.526. The number of aromatic carboxylic acids is 1. The molecule has 1 amide bonds. The van der Waals surface area contributed by atoms with Crippen LogP contribution in [0.2, 0.25) is 0 Å². The predicted octanol–water partition coefficient (Wildman–Crippen LogP) is 3.39. The topological polar surface area (TPSA) is 92.7 Å². The summed E-state index contributed by atoms with van der Waals surface area (Å²) in [6.45, 7) is 7.30. The van der Waals surface area contributed by atoms with Crippen molar-refractivity contribution in [2.24, 2.45) is 11.8 Å². The van der Waals surface area contributed by atoms with Gasteiger partial charge in [0.25, 0.3) is 0 Å². The van der Waals surface area contributed by atoms with E-state index in [4.69, 9.17) is 9.84 Å². The van der Waals surface area contributed by atoms with E-state index >= 15 is 0 Å². The van der Waals surface area contributed by atoms with E-state index in [1.807, 2.05) is 27.7 Å². The molecule has 6 nitrogen and oxygen atoms in total. The first-order valence-corrected chi connectivity index (χ1v) is 8.42. The Bertz CT molecular complexity index is 684.